The van der Waals surface area contributed by atoms with E-state index in [9.17, 15) is 18.5 Å². The van der Waals surface area contributed by atoms with Crippen LogP contribution in [0.5, 0.6) is 0 Å². The summed E-state index contributed by atoms with van der Waals surface area (Å²) in [5, 5.41) is 10.5. The van der Waals surface area contributed by atoms with Crippen molar-refractivity contribution < 1.29 is 13.3 Å². The van der Waals surface area contributed by atoms with E-state index in [-0.39, 0.29) is 20.9 Å². The molecule has 1 saturated carbocycles. The quantitative estimate of drug-likeness (QED) is 0.627. The molecule has 0 amide bonds. The lowest BCUT2D eigenvalue weighted by Gasteiger charge is -2.11. The van der Waals surface area contributed by atoms with E-state index in [2.05, 4.69) is 4.72 Å². The number of rotatable bonds is 5. The summed E-state index contributed by atoms with van der Waals surface area (Å²) in [7, 11) is -3.72. The third kappa shape index (κ3) is 2.62. The minimum atomic E-state index is -3.72. The smallest absolute Gasteiger partial charge is 0.304 e. The predicted octanol–water partition coefficient (Wildman–Crippen LogP) is 1.32. The first kappa shape index (κ1) is 13.2. The summed E-state index contributed by atoms with van der Waals surface area (Å²) in [6, 6.07) is 0.847. The molecular weight excluding hydrogens is 278 g/mol. The van der Waals surface area contributed by atoms with Gasteiger partial charge in [-0.15, -0.1) is 0 Å². The molecule has 1 aromatic rings. The van der Waals surface area contributed by atoms with Crippen LogP contribution in [0.15, 0.2) is 10.3 Å². The average Bonchev–Trinajstić information content (AvgIpc) is 3.00. The zero-order valence-corrected chi connectivity index (χ0v) is 11.3. The van der Waals surface area contributed by atoms with Crippen LogP contribution in [-0.4, -0.2) is 19.4 Å². The maximum absolute atomic E-state index is 12.0. The molecule has 1 unspecified atom stereocenters. The molecule has 100 valence electrons. The van der Waals surface area contributed by atoms with Gasteiger partial charge in [-0.05, 0) is 25.7 Å². The highest BCUT2D eigenvalue weighted by Crippen LogP contribution is 2.36. The Kier molecular flexibility index (Phi) is 3.30. The van der Waals surface area contributed by atoms with Crippen LogP contribution in [0.1, 0.15) is 19.8 Å². The topological polar surface area (TPSA) is 115 Å². The Labute approximate surface area is 108 Å². The van der Waals surface area contributed by atoms with Gasteiger partial charge in [-0.2, -0.15) is 0 Å². The van der Waals surface area contributed by atoms with Gasteiger partial charge in [-0.3, -0.25) is 10.1 Å². The molecule has 2 rings (SSSR count). The van der Waals surface area contributed by atoms with Crippen molar-refractivity contribution in [3.05, 3.63) is 16.2 Å². The summed E-state index contributed by atoms with van der Waals surface area (Å²) in [4.78, 5) is 9.93. The Morgan fingerprint density at radius 2 is 2.22 bits per heavy atom. The average molecular weight is 291 g/mol. The van der Waals surface area contributed by atoms with Gasteiger partial charge in [0, 0.05) is 12.1 Å². The number of nitrogen functional groups attached to an aromatic ring is 1. The number of nitrogens with one attached hydrogen (secondary N) is 1. The second kappa shape index (κ2) is 4.48. The first-order chi connectivity index (χ1) is 8.31. The van der Waals surface area contributed by atoms with Gasteiger partial charge in [0.15, 0.2) is 5.00 Å². The van der Waals surface area contributed by atoms with Crippen LogP contribution in [0.3, 0.4) is 0 Å². The monoisotopic (exact) mass is 291 g/mol. The van der Waals surface area contributed by atoms with Gasteiger partial charge in [0.2, 0.25) is 0 Å². The zero-order chi connectivity index (χ0) is 13.5. The highest BCUT2D eigenvalue weighted by atomic mass is 32.2. The molecule has 3 N–H and O–H groups in total. The predicted molar refractivity (Wildman–Crippen MR) is 67.9 cm³/mol. The van der Waals surface area contributed by atoms with Gasteiger partial charge in [0.1, 0.15) is 4.21 Å². The van der Waals surface area contributed by atoms with Crippen LogP contribution in [0, 0.1) is 16.0 Å². The van der Waals surface area contributed by atoms with Crippen LogP contribution in [0.2, 0.25) is 0 Å². The third-order valence-corrected chi connectivity index (χ3v) is 5.84. The van der Waals surface area contributed by atoms with E-state index in [1.165, 1.54) is 0 Å². The fourth-order valence-electron chi connectivity index (χ4n) is 1.64. The Morgan fingerprint density at radius 1 is 1.61 bits per heavy atom. The van der Waals surface area contributed by atoms with Gasteiger partial charge >= 0.3 is 5.69 Å². The number of nitrogens with zero attached hydrogens (tertiary/aromatic N) is 1. The summed E-state index contributed by atoms with van der Waals surface area (Å²) >= 11 is 0.709. The first-order valence-corrected chi connectivity index (χ1v) is 7.67. The van der Waals surface area contributed by atoms with Crippen molar-refractivity contribution in [1.82, 2.24) is 4.72 Å². The Balaban J connectivity index is 2.23. The molecule has 7 nitrogen and oxygen atoms in total. The maximum Gasteiger partial charge on any atom is 0.304 e. The van der Waals surface area contributed by atoms with Crippen LogP contribution in [-0.2, 0) is 10.0 Å². The SMILES string of the molecule is CC(NS(=O)(=O)c1cc([N+](=O)[O-])c(N)s1)C1CC1. The normalized spacial score (nSPS) is 17.6. The molecule has 1 aliphatic carbocycles. The summed E-state index contributed by atoms with van der Waals surface area (Å²) in [5.74, 6) is 0.368. The highest BCUT2D eigenvalue weighted by Gasteiger charge is 2.32. The minimum Gasteiger partial charge on any atom is -0.385 e. The lowest BCUT2D eigenvalue weighted by Crippen LogP contribution is -2.33. The molecule has 1 fully saturated rings. The van der Waals surface area contributed by atoms with E-state index >= 15 is 0 Å². The molecule has 0 bridgehead atoms. The van der Waals surface area contributed by atoms with Crippen LogP contribution >= 0.6 is 11.3 Å². The Morgan fingerprint density at radius 3 is 2.67 bits per heavy atom. The van der Waals surface area contributed by atoms with Crippen LogP contribution in [0.4, 0.5) is 10.7 Å². The molecule has 1 aliphatic rings. The zero-order valence-electron chi connectivity index (χ0n) is 9.62. The number of nitrogens with two attached hydrogens (primary N) is 1. The van der Waals surface area contributed by atoms with Gasteiger partial charge in [-0.25, -0.2) is 13.1 Å². The standard InChI is InChI=1S/C9H13N3O4S2/c1-5(6-2-3-6)11-18(15,16)8-4-7(12(13)14)9(10)17-8/h4-6,11H,2-3,10H2,1H3. The molecular formula is C9H13N3O4S2. The number of anilines is 1. The fourth-order valence-corrected chi connectivity index (χ4v) is 4.19. The van der Waals surface area contributed by atoms with E-state index in [0.717, 1.165) is 18.9 Å². The number of sulfonamides is 1. The van der Waals surface area contributed by atoms with E-state index in [1.54, 1.807) is 6.92 Å². The maximum atomic E-state index is 12.0. The second-order valence-corrected chi connectivity index (χ2v) is 7.34. The number of thiophene rings is 1. The largest absolute Gasteiger partial charge is 0.385 e. The van der Waals surface area contributed by atoms with Crippen molar-refractivity contribution >= 4 is 32.0 Å². The molecule has 1 atom stereocenters. The van der Waals surface area contributed by atoms with Crippen molar-refractivity contribution in [3.8, 4) is 0 Å². The van der Waals surface area contributed by atoms with Crippen molar-refractivity contribution in [1.29, 1.82) is 0 Å². The number of hydrogen-bond donors (Lipinski definition) is 2. The summed E-state index contributed by atoms with van der Waals surface area (Å²) < 4.78 is 26.4. The van der Waals surface area contributed by atoms with Gasteiger partial charge in [0.25, 0.3) is 10.0 Å². The molecule has 1 aromatic heterocycles. The molecule has 0 spiro atoms. The molecule has 0 saturated heterocycles. The minimum absolute atomic E-state index is 0.0977. The summed E-state index contributed by atoms with van der Waals surface area (Å²) in [6.45, 7) is 1.79. The van der Waals surface area contributed by atoms with Crippen molar-refractivity contribution in [2.75, 3.05) is 5.73 Å². The van der Waals surface area contributed by atoms with Crippen LogP contribution < -0.4 is 10.5 Å². The first-order valence-electron chi connectivity index (χ1n) is 5.37. The van der Waals surface area contributed by atoms with Gasteiger partial charge in [0.05, 0.1) is 4.92 Å². The third-order valence-electron chi connectivity index (χ3n) is 2.85. The second-order valence-electron chi connectivity index (χ2n) is 4.32. The van der Waals surface area contributed by atoms with E-state index < -0.39 is 14.9 Å². The van der Waals surface area contributed by atoms with E-state index in [0.29, 0.717) is 17.3 Å². The molecule has 0 aliphatic heterocycles. The van der Waals surface area contributed by atoms with Gasteiger partial charge in [-0.1, -0.05) is 11.3 Å². The van der Waals surface area contributed by atoms with E-state index in [4.69, 9.17) is 5.73 Å². The van der Waals surface area contributed by atoms with Gasteiger partial charge < -0.3 is 5.73 Å². The molecule has 1 heterocycles. The van der Waals surface area contributed by atoms with E-state index in [1.807, 2.05) is 0 Å². The summed E-state index contributed by atoms with van der Waals surface area (Å²) in [5.41, 5.74) is 5.06. The summed E-state index contributed by atoms with van der Waals surface area (Å²) in [6.07, 6.45) is 2.02. The van der Waals surface area contributed by atoms with Crippen molar-refractivity contribution in [2.45, 2.75) is 30.0 Å². The fraction of sp³-hybridized carbons (Fsp3) is 0.556. The number of nitro groups is 1. The molecule has 0 radical (unpaired) electrons. The number of hydrogen-bond acceptors (Lipinski definition) is 6. The lowest BCUT2D eigenvalue weighted by atomic mass is 10.2. The Bertz CT molecular complexity index is 577. The highest BCUT2D eigenvalue weighted by molar-refractivity contribution is 7.91. The van der Waals surface area contributed by atoms with Crippen molar-refractivity contribution in [3.63, 3.8) is 0 Å². The molecule has 0 aromatic carbocycles. The lowest BCUT2D eigenvalue weighted by molar-refractivity contribution is -0.383. The Hall–Kier alpha value is -1.19. The van der Waals surface area contributed by atoms with Crippen molar-refractivity contribution in [2.24, 2.45) is 5.92 Å². The molecule has 9 heteroatoms. The van der Waals surface area contributed by atoms with Crippen LogP contribution in [0.25, 0.3) is 0 Å². The molecule has 18 heavy (non-hydrogen) atoms.